The number of anilines is 1. The maximum atomic E-state index is 12.7. The summed E-state index contributed by atoms with van der Waals surface area (Å²) in [4.78, 5) is 26.4. The van der Waals surface area contributed by atoms with Crippen LogP contribution in [0.5, 0.6) is 0 Å². The van der Waals surface area contributed by atoms with E-state index in [0.717, 1.165) is 31.4 Å². The van der Waals surface area contributed by atoms with Crippen LogP contribution in [-0.2, 0) is 4.79 Å². The molecular formula is C19H26ClN3O2. The van der Waals surface area contributed by atoms with Gasteiger partial charge < -0.3 is 15.5 Å². The van der Waals surface area contributed by atoms with Gasteiger partial charge in [-0.1, -0.05) is 0 Å². The molecule has 2 bridgehead atoms. The number of nitrogens with zero attached hydrogens (tertiary/aromatic N) is 1. The number of nitrogens with one attached hydrogen (secondary N) is 2. The van der Waals surface area contributed by atoms with Gasteiger partial charge in [-0.2, -0.15) is 0 Å². The number of amides is 2. The zero-order valence-electron chi connectivity index (χ0n) is 14.5. The number of carbonyl (C=O) groups excluding carboxylic acids is 2. The summed E-state index contributed by atoms with van der Waals surface area (Å²) in [7, 11) is 1.92. The second kappa shape index (κ2) is 7.34. The van der Waals surface area contributed by atoms with Crippen LogP contribution in [0.1, 0.15) is 48.9 Å². The topological polar surface area (TPSA) is 61.4 Å². The summed E-state index contributed by atoms with van der Waals surface area (Å²) in [6.45, 7) is 0. The second-order valence-corrected chi connectivity index (χ2v) is 7.52. The van der Waals surface area contributed by atoms with Crippen LogP contribution in [0.3, 0.4) is 0 Å². The summed E-state index contributed by atoms with van der Waals surface area (Å²) in [5, 5.41) is 6.53. The van der Waals surface area contributed by atoms with Gasteiger partial charge in [-0.15, -0.1) is 12.4 Å². The molecule has 2 amide bonds. The molecular weight excluding hydrogens is 338 g/mol. The quantitative estimate of drug-likeness (QED) is 0.864. The van der Waals surface area contributed by atoms with Gasteiger partial charge in [-0.25, -0.2) is 0 Å². The smallest absolute Gasteiger partial charge is 0.253 e. The average Bonchev–Trinajstić information content (AvgIpc) is 3.39. The van der Waals surface area contributed by atoms with E-state index in [1.165, 1.54) is 12.8 Å². The standard InChI is InChI=1S/C19H25N3O2.ClH/c1-22(17-10-15-8-9-16(11-17)20-15)19(24)13-4-6-14(7-5-13)21-18(23)12-2-3-12;/h4-7,12,15-17,20H,2-3,8-11H2,1H3,(H,21,23);1H. The minimum atomic E-state index is 0. The Kier molecular flexibility index (Phi) is 5.35. The predicted octanol–water partition coefficient (Wildman–Crippen LogP) is 2.81. The summed E-state index contributed by atoms with van der Waals surface area (Å²) in [5.41, 5.74) is 1.46. The number of hydrogen-bond acceptors (Lipinski definition) is 3. The van der Waals surface area contributed by atoms with E-state index in [9.17, 15) is 9.59 Å². The van der Waals surface area contributed by atoms with E-state index in [-0.39, 0.29) is 30.1 Å². The van der Waals surface area contributed by atoms with Crippen LogP contribution in [0.25, 0.3) is 0 Å². The molecule has 1 saturated carbocycles. The molecule has 3 fully saturated rings. The number of fused-ring (bicyclic) bond motifs is 2. The van der Waals surface area contributed by atoms with Gasteiger partial charge in [0.1, 0.15) is 0 Å². The number of rotatable bonds is 4. The first-order chi connectivity index (χ1) is 11.6. The number of carbonyl (C=O) groups is 2. The molecule has 0 aromatic heterocycles. The van der Waals surface area contributed by atoms with Crippen molar-refractivity contribution in [3.63, 3.8) is 0 Å². The molecule has 1 aromatic rings. The zero-order chi connectivity index (χ0) is 16.7. The summed E-state index contributed by atoms with van der Waals surface area (Å²) in [6, 6.07) is 8.76. The molecule has 5 nitrogen and oxygen atoms in total. The first kappa shape index (κ1) is 18.2. The van der Waals surface area contributed by atoms with Gasteiger partial charge in [0, 0.05) is 42.3 Å². The maximum absolute atomic E-state index is 12.7. The van der Waals surface area contributed by atoms with Crippen molar-refractivity contribution in [2.75, 3.05) is 12.4 Å². The minimum absolute atomic E-state index is 0. The first-order valence-corrected chi connectivity index (χ1v) is 9.04. The van der Waals surface area contributed by atoms with Gasteiger partial charge in [0.25, 0.3) is 5.91 Å². The third-order valence-corrected chi connectivity index (χ3v) is 5.66. The monoisotopic (exact) mass is 363 g/mol. The minimum Gasteiger partial charge on any atom is -0.339 e. The summed E-state index contributed by atoms with van der Waals surface area (Å²) in [5.74, 6) is 0.352. The fourth-order valence-electron chi connectivity index (χ4n) is 4.00. The molecule has 2 aliphatic heterocycles. The lowest BCUT2D eigenvalue weighted by molar-refractivity contribution is -0.117. The lowest BCUT2D eigenvalue weighted by Crippen LogP contribution is -2.48. The fraction of sp³-hybridized carbons (Fsp3) is 0.579. The van der Waals surface area contributed by atoms with Crippen LogP contribution in [0, 0.1) is 5.92 Å². The van der Waals surface area contributed by atoms with Crippen molar-refractivity contribution >= 4 is 29.9 Å². The van der Waals surface area contributed by atoms with Crippen molar-refractivity contribution in [3.05, 3.63) is 29.8 Å². The summed E-state index contributed by atoms with van der Waals surface area (Å²) < 4.78 is 0. The van der Waals surface area contributed by atoms with E-state index in [1.807, 2.05) is 36.2 Å². The molecule has 6 heteroatoms. The Morgan fingerprint density at radius 2 is 1.64 bits per heavy atom. The van der Waals surface area contributed by atoms with Gasteiger partial charge in [0.2, 0.25) is 5.91 Å². The highest BCUT2D eigenvalue weighted by Gasteiger charge is 2.36. The van der Waals surface area contributed by atoms with Crippen molar-refractivity contribution in [2.24, 2.45) is 5.92 Å². The molecule has 0 spiro atoms. The Bertz CT molecular complexity index is 633. The second-order valence-electron chi connectivity index (χ2n) is 7.52. The normalized spacial score (nSPS) is 27.3. The van der Waals surface area contributed by atoms with Gasteiger partial charge >= 0.3 is 0 Å². The third-order valence-electron chi connectivity index (χ3n) is 5.66. The third kappa shape index (κ3) is 3.98. The maximum Gasteiger partial charge on any atom is 0.253 e. The molecule has 3 aliphatic rings. The molecule has 2 heterocycles. The van der Waals surface area contributed by atoms with Crippen molar-refractivity contribution in [1.82, 2.24) is 10.2 Å². The Labute approximate surface area is 154 Å². The summed E-state index contributed by atoms with van der Waals surface area (Å²) in [6.07, 6.45) is 6.55. The number of halogens is 1. The van der Waals surface area contributed by atoms with E-state index in [2.05, 4.69) is 10.6 Å². The largest absolute Gasteiger partial charge is 0.339 e. The Morgan fingerprint density at radius 3 is 2.20 bits per heavy atom. The lowest BCUT2D eigenvalue weighted by atomic mass is 9.98. The van der Waals surface area contributed by atoms with Crippen LogP contribution < -0.4 is 10.6 Å². The molecule has 2 unspecified atom stereocenters. The molecule has 4 rings (SSSR count). The van der Waals surface area contributed by atoms with Crippen LogP contribution in [0.4, 0.5) is 5.69 Å². The van der Waals surface area contributed by atoms with Gasteiger partial charge in [0.05, 0.1) is 0 Å². The Hall–Kier alpha value is -1.59. The van der Waals surface area contributed by atoms with Crippen molar-refractivity contribution in [1.29, 1.82) is 0 Å². The SMILES string of the molecule is CN(C(=O)c1ccc(NC(=O)C2CC2)cc1)C1CC2CCC(C1)N2.Cl. The van der Waals surface area contributed by atoms with Crippen molar-refractivity contribution in [2.45, 2.75) is 56.7 Å². The number of benzene rings is 1. The van der Waals surface area contributed by atoms with Crippen molar-refractivity contribution in [3.8, 4) is 0 Å². The molecule has 1 aliphatic carbocycles. The van der Waals surface area contributed by atoms with E-state index in [1.54, 1.807) is 0 Å². The van der Waals surface area contributed by atoms with E-state index < -0.39 is 0 Å². The highest BCUT2D eigenvalue weighted by atomic mass is 35.5. The highest BCUT2D eigenvalue weighted by Crippen LogP contribution is 2.31. The molecule has 0 radical (unpaired) electrons. The van der Waals surface area contributed by atoms with Gasteiger partial charge in [-0.05, 0) is 62.8 Å². The van der Waals surface area contributed by atoms with Crippen LogP contribution in [-0.4, -0.2) is 41.9 Å². The molecule has 2 saturated heterocycles. The molecule has 1 aromatic carbocycles. The summed E-state index contributed by atoms with van der Waals surface area (Å²) >= 11 is 0. The Morgan fingerprint density at radius 1 is 1.04 bits per heavy atom. The molecule has 25 heavy (non-hydrogen) atoms. The van der Waals surface area contributed by atoms with E-state index >= 15 is 0 Å². The van der Waals surface area contributed by atoms with E-state index in [0.29, 0.717) is 23.7 Å². The number of piperidine rings is 1. The Balaban J connectivity index is 0.00000182. The predicted molar refractivity (Wildman–Crippen MR) is 100 cm³/mol. The van der Waals surface area contributed by atoms with Crippen LogP contribution in [0.2, 0.25) is 0 Å². The van der Waals surface area contributed by atoms with Crippen LogP contribution in [0.15, 0.2) is 24.3 Å². The highest BCUT2D eigenvalue weighted by molar-refractivity contribution is 5.96. The van der Waals surface area contributed by atoms with E-state index in [4.69, 9.17) is 0 Å². The average molecular weight is 364 g/mol. The first-order valence-electron chi connectivity index (χ1n) is 9.04. The lowest BCUT2D eigenvalue weighted by Gasteiger charge is -2.35. The molecule has 136 valence electrons. The van der Waals surface area contributed by atoms with Gasteiger partial charge in [-0.3, -0.25) is 9.59 Å². The fourth-order valence-corrected chi connectivity index (χ4v) is 4.00. The van der Waals surface area contributed by atoms with Crippen molar-refractivity contribution < 1.29 is 9.59 Å². The number of hydrogen-bond donors (Lipinski definition) is 2. The molecule has 2 N–H and O–H groups in total. The molecule has 2 atom stereocenters. The zero-order valence-corrected chi connectivity index (χ0v) is 15.3. The van der Waals surface area contributed by atoms with Crippen LogP contribution >= 0.6 is 12.4 Å². The van der Waals surface area contributed by atoms with Gasteiger partial charge in [0.15, 0.2) is 0 Å².